The predicted octanol–water partition coefficient (Wildman–Crippen LogP) is 3.64. The molecule has 4 heteroatoms. The normalized spacial score (nSPS) is 20.1. The van der Waals surface area contributed by atoms with Gasteiger partial charge in [-0.1, -0.05) is 25.4 Å². The van der Waals surface area contributed by atoms with Gasteiger partial charge in [0.25, 0.3) is 0 Å². The lowest BCUT2D eigenvalue weighted by Crippen LogP contribution is -2.27. The van der Waals surface area contributed by atoms with Crippen LogP contribution in [0.4, 0.5) is 11.4 Å². The molecule has 0 radical (unpaired) electrons. The molecule has 1 saturated heterocycles. The number of nitrogens with zero attached hydrogens (tertiary/aromatic N) is 1. The summed E-state index contributed by atoms with van der Waals surface area (Å²) in [5, 5.41) is 0.704. The Labute approximate surface area is 113 Å². The summed E-state index contributed by atoms with van der Waals surface area (Å²) in [6.45, 7) is 6.74. The molecule has 1 aromatic carbocycles. The van der Waals surface area contributed by atoms with Gasteiger partial charge in [-0.2, -0.15) is 11.8 Å². The second-order valence-electron chi connectivity index (χ2n) is 5.05. The fourth-order valence-electron chi connectivity index (χ4n) is 2.07. The molecule has 0 aliphatic carbocycles. The first kappa shape index (κ1) is 12.9. The molecule has 0 saturated carbocycles. The second-order valence-corrected chi connectivity index (χ2v) is 7.29. The lowest BCUT2D eigenvalue weighted by Gasteiger charge is -2.25. The van der Waals surface area contributed by atoms with Crippen molar-refractivity contribution in [1.82, 2.24) is 0 Å². The third-order valence-corrected chi connectivity index (χ3v) is 4.78. The van der Waals surface area contributed by atoms with Crippen LogP contribution in [0.3, 0.4) is 0 Å². The lowest BCUT2D eigenvalue weighted by atomic mass is 10.1. The highest BCUT2D eigenvalue weighted by Crippen LogP contribution is 2.34. The highest BCUT2D eigenvalue weighted by atomic mass is 35.5. The highest BCUT2D eigenvalue weighted by molar-refractivity contribution is 8.00. The summed E-state index contributed by atoms with van der Waals surface area (Å²) in [4.78, 5) is 2.37. The number of hydrogen-bond donors (Lipinski definition) is 1. The van der Waals surface area contributed by atoms with Gasteiger partial charge in [0.15, 0.2) is 0 Å². The monoisotopic (exact) mass is 270 g/mol. The summed E-state index contributed by atoms with van der Waals surface area (Å²) in [5.74, 6) is 1.15. The molecule has 1 aliphatic rings. The fraction of sp³-hybridized carbons (Fsp3) is 0.538. The summed E-state index contributed by atoms with van der Waals surface area (Å²) >= 11 is 7.97. The van der Waals surface area contributed by atoms with Gasteiger partial charge in [0, 0.05) is 28.6 Å². The van der Waals surface area contributed by atoms with Crippen LogP contribution in [0.15, 0.2) is 18.2 Å². The average molecular weight is 271 g/mol. The number of nitrogens with two attached hydrogens (primary N) is 1. The summed E-state index contributed by atoms with van der Waals surface area (Å²) in [5.41, 5.74) is 7.94. The molecule has 17 heavy (non-hydrogen) atoms. The first-order valence-corrected chi connectivity index (χ1v) is 7.28. The Bertz CT molecular complexity index is 406. The number of nitrogen functional groups attached to an aromatic ring is 1. The third-order valence-electron chi connectivity index (χ3n) is 3.17. The van der Waals surface area contributed by atoms with Gasteiger partial charge in [-0.05, 0) is 24.6 Å². The van der Waals surface area contributed by atoms with Gasteiger partial charge in [-0.25, -0.2) is 0 Å². The Morgan fingerprint density at radius 3 is 2.82 bits per heavy atom. The van der Waals surface area contributed by atoms with Gasteiger partial charge < -0.3 is 10.6 Å². The first-order valence-electron chi connectivity index (χ1n) is 5.92. The van der Waals surface area contributed by atoms with Gasteiger partial charge in [0.05, 0.1) is 11.4 Å². The van der Waals surface area contributed by atoms with Crippen LogP contribution in [0.2, 0.25) is 5.02 Å². The fourth-order valence-corrected chi connectivity index (χ4v) is 3.36. The van der Waals surface area contributed by atoms with E-state index in [0.29, 0.717) is 9.77 Å². The number of rotatable bonds is 1. The Balaban J connectivity index is 2.17. The van der Waals surface area contributed by atoms with Crippen molar-refractivity contribution in [1.29, 1.82) is 0 Å². The summed E-state index contributed by atoms with van der Waals surface area (Å²) < 4.78 is 0.371. The molecule has 1 aliphatic heterocycles. The Hall–Kier alpha value is -0.540. The summed E-state index contributed by atoms with van der Waals surface area (Å²) in [7, 11) is 0. The van der Waals surface area contributed by atoms with E-state index in [4.69, 9.17) is 17.3 Å². The molecule has 94 valence electrons. The summed E-state index contributed by atoms with van der Waals surface area (Å²) in [6.07, 6.45) is 1.18. The van der Waals surface area contributed by atoms with E-state index in [1.165, 1.54) is 6.42 Å². The maximum absolute atomic E-state index is 6.04. The smallest absolute Gasteiger partial charge is 0.0601 e. The van der Waals surface area contributed by atoms with Crippen molar-refractivity contribution in [2.24, 2.45) is 0 Å². The van der Waals surface area contributed by atoms with Crippen molar-refractivity contribution >= 4 is 34.7 Å². The van der Waals surface area contributed by atoms with Gasteiger partial charge in [0.1, 0.15) is 0 Å². The largest absolute Gasteiger partial charge is 0.397 e. The maximum atomic E-state index is 6.04. The molecule has 0 amide bonds. The first-order chi connectivity index (χ1) is 7.98. The van der Waals surface area contributed by atoms with Crippen molar-refractivity contribution in [3.63, 3.8) is 0 Å². The maximum Gasteiger partial charge on any atom is 0.0601 e. The number of halogens is 1. The molecule has 2 rings (SSSR count). The van der Waals surface area contributed by atoms with Crippen LogP contribution in [-0.4, -0.2) is 23.6 Å². The number of benzene rings is 1. The summed E-state index contributed by atoms with van der Waals surface area (Å²) in [6, 6.07) is 5.77. The van der Waals surface area contributed by atoms with E-state index in [0.717, 1.165) is 30.2 Å². The van der Waals surface area contributed by atoms with Crippen molar-refractivity contribution in [2.45, 2.75) is 25.0 Å². The van der Waals surface area contributed by atoms with E-state index in [-0.39, 0.29) is 0 Å². The number of anilines is 2. The highest BCUT2D eigenvalue weighted by Gasteiger charge is 2.24. The number of hydrogen-bond acceptors (Lipinski definition) is 3. The van der Waals surface area contributed by atoms with Crippen molar-refractivity contribution in [2.75, 3.05) is 29.5 Å². The second kappa shape index (κ2) is 4.99. The quantitative estimate of drug-likeness (QED) is 0.790. The predicted molar refractivity (Wildman–Crippen MR) is 79.2 cm³/mol. The molecule has 0 unspecified atom stereocenters. The lowest BCUT2D eigenvalue weighted by molar-refractivity contribution is 0.638. The van der Waals surface area contributed by atoms with Crippen LogP contribution >= 0.6 is 23.4 Å². The van der Waals surface area contributed by atoms with Crippen molar-refractivity contribution < 1.29 is 0 Å². The van der Waals surface area contributed by atoms with E-state index in [2.05, 4.69) is 18.7 Å². The third kappa shape index (κ3) is 3.23. The van der Waals surface area contributed by atoms with Crippen LogP contribution in [-0.2, 0) is 0 Å². The van der Waals surface area contributed by atoms with Crippen LogP contribution < -0.4 is 10.6 Å². The van der Waals surface area contributed by atoms with Crippen LogP contribution in [0.5, 0.6) is 0 Å². The topological polar surface area (TPSA) is 29.3 Å². The standard InChI is InChI=1S/C13H19ClN2S/c1-13(2)5-6-16(7-8-17-13)12-4-3-10(14)9-11(12)15/h3-4,9H,5-8,15H2,1-2H3. The van der Waals surface area contributed by atoms with E-state index in [9.17, 15) is 0 Å². The molecule has 0 bridgehead atoms. The Morgan fingerprint density at radius 2 is 2.12 bits per heavy atom. The van der Waals surface area contributed by atoms with Gasteiger partial charge in [0.2, 0.25) is 0 Å². The minimum Gasteiger partial charge on any atom is -0.397 e. The molecule has 0 spiro atoms. The van der Waals surface area contributed by atoms with Crippen LogP contribution in [0.1, 0.15) is 20.3 Å². The molecule has 1 aromatic rings. The van der Waals surface area contributed by atoms with Crippen molar-refractivity contribution in [3.8, 4) is 0 Å². The Kier molecular flexibility index (Phi) is 3.79. The molecule has 1 heterocycles. The van der Waals surface area contributed by atoms with Crippen molar-refractivity contribution in [3.05, 3.63) is 23.2 Å². The zero-order valence-corrected chi connectivity index (χ0v) is 11.9. The molecule has 2 N–H and O–H groups in total. The molecule has 0 atom stereocenters. The van der Waals surface area contributed by atoms with Crippen LogP contribution in [0, 0.1) is 0 Å². The molecular weight excluding hydrogens is 252 g/mol. The Morgan fingerprint density at radius 1 is 1.35 bits per heavy atom. The van der Waals surface area contributed by atoms with E-state index >= 15 is 0 Å². The molecule has 1 fully saturated rings. The zero-order valence-electron chi connectivity index (χ0n) is 10.4. The van der Waals surface area contributed by atoms with E-state index in [1.807, 2.05) is 30.0 Å². The molecule has 0 aromatic heterocycles. The number of thioether (sulfide) groups is 1. The van der Waals surface area contributed by atoms with E-state index < -0.39 is 0 Å². The minimum absolute atomic E-state index is 0.371. The van der Waals surface area contributed by atoms with Gasteiger partial charge in [-0.15, -0.1) is 0 Å². The SMILES string of the molecule is CC1(C)CCN(c2ccc(Cl)cc2N)CCS1. The zero-order chi connectivity index (χ0) is 12.5. The van der Waals surface area contributed by atoms with E-state index in [1.54, 1.807) is 0 Å². The average Bonchev–Trinajstić information content (AvgIpc) is 2.40. The van der Waals surface area contributed by atoms with Crippen LogP contribution in [0.25, 0.3) is 0 Å². The van der Waals surface area contributed by atoms with Gasteiger partial charge >= 0.3 is 0 Å². The molecular formula is C13H19ClN2S. The van der Waals surface area contributed by atoms with Gasteiger partial charge in [-0.3, -0.25) is 0 Å². The minimum atomic E-state index is 0.371. The molecule has 2 nitrogen and oxygen atoms in total.